The van der Waals surface area contributed by atoms with Crippen LogP contribution in [-0.4, -0.2) is 59.9 Å². The average Bonchev–Trinajstić information content (AvgIpc) is 2.58. The molecule has 0 aliphatic carbocycles. The van der Waals surface area contributed by atoms with Crippen molar-refractivity contribution >= 4 is 10.0 Å². The second-order valence-electron chi connectivity index (χ2n) is 7.06. The maximum absolute atomic E-state index is 12.9. The quantitative estimate of drug-likeness (QED) is 0.793. The molecule has 2 heterocycles. The minimum absolute atomic E-state index is 0.0143. The van der Waals surface area contributed by atoms with E-state index in [1.54, 1.807) is 19.1 Å². The van der Waals surface area contributed by atoms with Crippen molar-refractivity contribution < 1.29 is 23.4 Å². The SMILES string of the molecule is C[C@]1(O)CC2(CCN(S(=O)(=O)c3ccccc3C#N)CC2)OC[C@@H]1O. The zero-order chi connectivity index (χ0) is 18.3. The largest absolute Gasteiger partial charge is 0.388 e. The lowest BCUT2D eigenvalue weighted by molar-refractivity contribution is -0.220. The fourth-order valence-corrected chi connectivity index (χ4v) is 5.22. The molecule has 136 valence electrons. The van der Waals surface area contributed by atoms with Gasteiger partial charge in [-0.3, -0.25) is 0 Å². The van der Waals surface area contributed by atoms with Crippen molar-refractivity contribution in [3.8, 4) is 6.07 Å². The average molecular weight is 366 g/mol. The highest BCUT2D eigenvalue weighted by molar-refractivity contribution is 7.89. The number of rotatable bonds is 2. The van der Waals surface area contributed by atoms with E-state index in [9.17, 15) is 18.6 Å². The Kier molecular flexibility index (Phi) is 4.64. The summed E-state index contributed by atoms with van der Waals surface area (Å²) >= 11 is 0. The normalized spacial score (nSPS) is 30.1. The van der Waals surface area contributed by atoms with Crippen molar-refractivity contribution in [1.82, 2.24) is 4.31 Å². The van der Waals surface area contributed by atoms with E-state index in [-0.39, 0.29) is 36.6 Å². The molecule has 1 aromatic rings. The number of aliphatic hydroxyl groups excluding tert-OH is 1. The van der Waals surface area contributed by atoms with E-state index in [4.69, 9.17) is 10.00 Å². The topological polar surface area (TPSA) is 111 Å². The Bertz CT molecular complexity index is 792. The zero-order valence-corrected chi connectivity index (χ0v) is 14.9. The van der Waals surface area contributed by atoms with Gasteiger partial charge in [0.2, 0.25) is 10.0 Å². The van der Waals surface area contributed by atoms with E-state index in [0.29, 0.717) is 12.8 Å². The van der Waals surface area contributed by atoms with Gasteiger partial charge in [-0.2, -0.15) is 9.57 Å². The first kappa shape index (κ1) is 18.3. The number of nitriles is 1. The van der Waals surface area contributed by atoms with E-state index < -0.39 is 27.3 Å². The first-order valence-electron chi connectivity index (χ1n) is 8.24. The van der Waals surface area contributed by atoms with Crippen molar-refractivity contribution in [3.05, 3.63) is 29.8 Å². The van der Waals surface area contributed by atoms with Gasteiger partial charge in [0.05, 0.1) is 28.3 Å². The van der Waals surface area contributed by atoms with Crippen LogP contribution in [0.2, 0.25) is 0 Å². The molecule has 2 aliphatic heterocycles. The smallest absolute Gasteiger partial charge is 0.244 e. The molecule has 8 heteroatoms. The molecular weight excluding hydrogens is 344 g/mol. The molecule has 0 bridgehead atoms. The third-order valence-corrected chi connectivity index (χ3v) is 7.16. The second kappa shape index (κ2) is 6.34. The summed E-state index contributed by atoms with van der Waals surface area (Å²) in [6.45, 7) is 2.10. The van der Waals surface area contributed by atoms with Crippen LogP contribution in [0, 0.1) is 11.3 Å². The molecule has 2 aliphatic rings. The summed E-state index contributed by atoms with van der Waals surface area (Å²) in [4.78, 5) is 0.0143. The summed E-state index contributed by atoms with van der Waals surface area (Å²) in [6.07, 6.45) is 0.194. The van der Waals surface area contributed by atoms with Crippen LogP contribution in [0.15, 0.2) is 29.2 Å². The molecule has 2 saturated heterocycles. The highest BCUT2D eigenvalue weighted by Gasteiger charge is 2.49. The molecule has 0 aromatic heterocycles. The molecule has 2 atom stereocenters. The number of hydrogen-bond donors (Lipinski definition) is 2. The minimum atomic E-state index is -3.76. The molecule has 0 saturated carbocycles. The van der Waals surface area contributed by atoms with Crippen molar-refractivity contribution in [2.75, 3.05) is 19.7 Å². The maximum Gasteiger partial charge on any atom is 0.244 e. The summed E-state index contributed by atoms with van der Waals surface area (Å²) in [6, 6.07) is 8.08. The van der Waals surface area contributed by atoms with Gasteiger partial charge in [0.15, 0.2) is 0 Å². The van der Waals surface area contributed by atoms with Gasteiger partial charge in [-0.25, -0.2) is 8.42 Å². The lowest BCUT2D eigenvalue weighted by atomic mass is 9.77. The van der Waals surface area contributed by atoms with Gasteiger partial charge in [-0.05, 0) is 31.9 Å². The Morgan fingerprint density at radius 3 is 2.56 bits per heavy atom. The Hall–Kier alpha value is -1.50. The van der Waals surface area contributed by atoms with Crippen molar-refractivity contribution in [1.29, 1.82) is 5.26 Å². The Morgan fingerprint density at radius 2 is 1.96 bits per heavy atom. The third kappa shape index (κ3) is 3.30. The number of piperidine rings is 1. The number of nitrogens with zero attached hydrogens (tertiary/aromatic N) is 2. The van der Waals surface area contributed by atoms with Gasteiger partial charge < -0.3 is 14.9 Å². The summed E-state index contributed by atoms with van der Waals surface area (Å²) in [5, 5.41) is 29.3. The van der Waals surface area contributed by atoms with Crippen molar-refractivity contribution in [3.63, 3.8) is 0 Å². The van der Waals surface area contributed by atoms with Crippen LogP contribution in [0.25, 0.3) is 0 Å². The van der Waals surface area contributed by atoms with Crippen molar-refractivity contribution in [2.24, 2.45) is 0 Å². The highest BCUT2D eigenvalue weighted by Crippen LogP contribution is 2.40. The fourth-order valence-electron chi connectivity index (χ4n) is 3.63. The van der Waals surface area contributed by atoms with Crippen molar-refractivity contribution in [2.45, 2.75) is 48.4 Å². The molecule has 1 spiro atoms. The fraction of sp³-hybridized carbons (Fsp3) is 0.588. The number of ether oxygens (including phenoxy) is 1. The third-order valence-electron chi connectivity index (χ3n) is 5.20. The predicted molar refractivity (Wildman–Crippen MR) is 89.1 cm³/mol. The monoisotopic (exact) mass is 366 g/mol. The van der Waals surface area contributed by atoms with E-state index in [0.717, 1.165) is 0 Å². The van der Waals surface area contributed by atoms with Gasteiger partial charge in [0, 0.05) is 19.5 Å². The van der Waals surface area contributed by atoms with Crippen LogP contribution in [0.3, 0.4) is 0 Å². The van der Waals surface area contributed by atoms with Gasteiger partial charge in [0.1, 0.15) is 12.2 Å². The lowest BCUT2D eigenvalue weighted by Crippen LogP contribution is -2.59. The molecule has 1 aromatic carbocycles. The summed E-state index contributed by atoms with van der Waals surface area (Å²) in [5.41, 5.74) is -1.74. The molecule has 25 heavy (non-hydrogen) atoms. The zero-order valence-electron chi connectivity index (χ0n) is 14.1. The number of hydrogen-bond acceptors (Lipinski definition) is 6. The lowest BCUT2D eigenvalue weighted by Gasteiger charge is -2.49. The van der Waals surface area contributed by atoms with Crippen LogP contribution >= 0.6 is 0 Å². The second-order valence-corrected chi connectivity index (χ2v) is 8.96. The van der Waals surface area contributed by atoms with E-state index in [2.05, 4.69) is 0 Å². The molecule has 0 unspecified atom stereocenters. The van der Waals surface area contributed by atoms with Crippen LogP contribution in [0.5, 0.6) is 0 Å². The summed E-state index contributed by atoms with van der Waals surface area (Å²) in [5.74, 6) is 0. The standard InChI is InChI=1S/C17H22N2O5S/c1-16(21)12-17(24-11-15(16)20)6-8-19(9-7-17)25(22,23)14-5-3-2-4-13(14)10-18/h2-5,15,20-21H,6-9,11-12H2,1H3/t15-,16-/m0/s1. The van der Waals surface area contributed by atoms with Gasteiger partial charge >= 0.3 is 0 Å². The Labute approximate surface area is 147 Å². The van der Waals surface area contributed by atoms with E-state index >= 15 is 0 Å². The molecule has 0 amide bonds. The molecule has 3 rings (SSSR count). The molecule has 7 nitrogen and oxygen atoms in total. The van der Waals surface area contributed by atoms with Gasteiger partial charge in [0.25, 0.3) is 0 Å². The number of benzene rings is 1. The summed E-state index contributed by atoms with van der Waals surface area (Å²) in [7, 11) is -3.76. The molecular formula is C17H22N2O5S. The van der Waals surface area contributed by atoms with Gasteiger partial charge in [-0.15, -0.1) is 0 Å². The Balaban J connectivity index is 1.77. The predicted octanol–water partition coefficient (Wildman–Crippen LogP) is 0.614. The first-order valence-corrected chi connectivity index (χ1v) is 9.68. The van der Waals surface area contributed by atoms with E-state index in [1.165, 1.54) is 16.4 Å². The molecule has 2 fully saturated rings. The Morgan fingerprint density at radius 1 is 1.32 bits per heavy atom. The van der Waals surface area contributed by atoms with Gasteiger partial charge in [-0.1, -0.05) is 12.1 Å². The number of aliphatic hydroxyl groups is 2. The van der Waals surface area contributed by atoms with Crippen LogP contribution in [0.4, 0.5) is 0 Å². The van der Waals surface area contributed by atoms with Crippen LogP contribution in [-0.2, 0) is 14.8 Å². The molecule has 0 radical (unpaired) electrons. The van der Waals surface area contributed by atoms with Crippen LogP contribution in [0.1, 0.15) is 31.7 Å². The number of sulfonamides is 1. The van der Waals surface area contributed by atoms with E-state index in [1.807, 2.05) is 6.07 Å². The highest BCUT2D eigenvalue weighted by atomic mass is 32.2. The summed E-state index contributed by atoms with van der Waals surface area (Å²) < 4.78 is 32.9. The molecule has 2 N–H and O–H groups in total. The minimum Gasteiger partial charge on any atom is -0.388 e. The maximum atomic E-state index is 12.9. The van der Waals surface area contributed by atoms with Crippen LogP contribution < -0.4 is 0 Å². The first-order chi connectivity index (χ1) is 11.7.